The first-order valence-corrected chi connectivity index (χ1v) is 5.37. The van der Waals surface area contributed by atoms with E-state index in [1.54, 1.807) is 0 Å². The van der Waals surface area contributed by atoms with Gasteiger partial charge in [0.05, 0.1) is 0 Å². The van der Waals surface area contributed by atoms with Crippen molar-refractivity contribution in [3.8, 4) is 0 Å². The zero-order valence-corrected chi connectivity index (χ0v) is 8.02. The third kappa shape index (κ3) is 4.07. The summed E-state index contributed by atoms with van der Waals surface area (Å²) in [6, 6.07) is 0.861. The highest BCUT2D eigenvalue weighted by molar-refractivity contribution is 4.75. The molecule has 0 bridgehead atoms. The molecule has 0 atom stereocenters. The number of nitrogens with two attached hydrogens (primary N) is 1. The molecule has 0 aliphatic heterocycles. The SMILES string of the molecule is NCCCCCCNC1CCC1. The lowest BCUT2D eigenvalue weighted by atomic mass is 9.93. The van der Waals surface area contributed by atoms with E-state index >= 15 is 0 Å². The van der Waals surface area contributed by atoms with Crippen molar-refractivity contribution in [1.29, 1.82) is 0 Å². The lowest BCUT2D eigenvalue weighted by Gasteiger charge is -2.26. The summed E-state index contributed by atoms with van der Waals surface area (Å²) in [6.45, 7) is 2.07. The zero-order chi connectivity index (χ0) is 8.65. The molecule has 0 aromatic rings. The first-order chi connectivity index (χ1) is 5.93. The maximum absolute atomic E-state index is 5.41. The summed E-state index contributed by atoms with van der Waals surface area (Å²) in [7, 11) is 0. The average molecular weight is 170 g/mol. The number of unbranched alkanes of at least 4 members (excludes halogenated alkanes) is 3. The Balaban J connectivity index is 1.70. The van der Waals surface area contributed by atoms with E-state index in [1.165, 1.54) is 51.5 Å². The fourth-order valence-electron chi connectivity index (χ4n) is 1.54. The van der Waals surface area contributed by atoms with Gasteiger partial charge in [0.15, 0.2) is 0 Å². The average Bonchev–Trinajstić information content (AvgIpc) is 2.00. The van der Waals surface area contributed by atoms with Gasteiger partial charge in [-0.05, 0) is 38.8 Å². The molecule has 2 nitrogen and oxygen atoms in total. The van der Waals surface area contributed by atoms with E-state index in [-0.39, 0.29) is 0 Å². The van der Waals surface area contributed by atoms with E-state index in [2.05, 4.69) is 5.32 Å². The number of nitrogens with one attached hydrogen (secondary N) is 1. The van der Waals surface area contributed by atoms with Gasteiger partial charge in [0.2, 0.25) is 0 Å². The van der Waals surface area contributed by atoms with Crippen molar-refractivity contribution in [2.75, 3.05) is 13.1 Å². The Kier molecular flexibility index (Phi) is 5.37. The Morgan fingerprint density at radius 1 is 1.08 bits per heavy atom. The Hall–Kier alpha value is -0.0800. The standard InChI is InChI=1S/C10H22N2/c11-8-3-1-2-4-9-12-10-6-5-7-10/h10,12H,1-9,11H2. The van der Waals surface area contributed by atoms with Gasteiger partial charge in [-0.15, -0.1) is 0 Å². The van der Waals surface area contributed by atoms with Crippen LogP contribution in [0.4, 0.5) is 0 Å². The van der Waals surface area contributed by atoms with E-state index in [0.717, 1.165) is 12.6 Å². The first-order valence-electron chi connectivity index (χ1n) is 5.37. The lowest BCUT2D eigenvalue weighted by molar-refractivity contribution is 0.337. The molecule has 1 aliphatic rings. The van der Waals surface area contributed by atoms with Gasteiger partial charge in [0.1, 0.15) is 0 Å². The Bertz CT molecular complexity index is 100. The fraction of sp³-hybridized carbons (Fsp3) is 1.00. The van der Waals surface area contributed by atoms with Gasteiger partial charge in [0.25, 0.3) is 0 Å². The molecule has 2 heteroatoms. The van der Waals surface area contributed by atoms with Gasteiger partial charge in [-0.25, -0.2) is 0 Å². The molecule has 0 unspecified atom stereocenters. The molecule has 0 heterocycles. The van der Waals surface area contributed by atoms with Gasteiger partial charge in [0, 0.05) is 6.04 Å². The molecule has 0 amide bonds. The van der Waals surface area contributed by atoms with Crippen LogP contribution >= 0.6 is 0 Å². The number of hydrogen-bond donors (Lipinski definition) is 2. The summed E-state index contributed by atoms with van der Waals surface area (Å²) in [5.41, 5.74) is 5.41. The van der Waals surface area contributed by atoms with Crippen molar-refractivity contribution in [3.05, 3.63) is 0 Å². The van der Waals surface area contributed by atoms with E-state index in [9.17, 15) is 0 Å². The van der Waals surface area contributed by atoms with Crippen LogP contribution in [0, 0.1) is 0 Å². The Morgan fingerprint density at radius 2 is 1.83 bits per heavy atom. The molecule has 0 spiro atoms. The Morgan fingerprint density at radius 3 is 2.42 bits per heavy atom. The molecular weight excluding hydrogens is 148 g/mol. The second-order valence-electron chi connectivity index (χ2n) is 3.78. The summed E-state index contributed by atoms with van der Waals surface area (Å²) < 4.78 is 0. The molecule has 0 saturated heterocycles. The molecule has 0 radical (unpaired) electrons. The van der Waals surface area contributed by atoms with Gasteiger partial charge in [-0.1, -0.05) is 19.3 Å². The maximum Gasteiger partial charge on any atom is 0.00670 e. The zero-order valence-electron chi connectivity index (χ0n) is 8.02. The topological polar surface area (TPSA) is 38.0 Å². The van der Waals surface area contributed by atoms with Crippen LogP contribution in [-0.2, 0) is 0 Å². The molecule has 3 N–H and O–H groups in total. The highest BCUT2D eigenvalue weighted by Gasteiger charge is 2.15. The Labute approximate surface area is 75.9 Å². The van der Waals surface area contributed by atoms with Crippen molar-refractivity contribution in [2.45, 2.75) is 51.0 Å². The predicted molar refractivity (Wildman–Crippen MR) is 53.2 cm³/mol. The smallest absolute Gasteiger partial charge is 0.00670 e. The largest absolute Gasteiger partial charge is 0.330 e. The predicted octanol–water partition coefficient (Wildman–Crippen LogP) is 1.65. The van der Waals surface area contributed by atoms with Crippen LogP contribution < -0.4 is 11.1 Å². The monoisotopic (exact) mass is 170 g/mol. The minimum atomic E-state index is 0.857. The van der Waals surface area contributed by atoms with Gasteiger partial charge in [-0.3, -0.25) is 0 Å². The maximum atomic E-state index is 5.41. The summed E-state index contributed by atoms with van der Waals surface area (Å²) in [4.78, 5) is 0. The third-order valence-electron chi connectivity index (χ3n) is 2.67. The van der Waals surface area contributed by atoms with Crippen molar-refractivity contribution in [3.63, 3.8) is 0 Å². The number of rotatable bonds is 7. The molecule has 72 valence electrons. The molecule has 1 rings (SSSR count). The summed E-state index contributed by atoms with van der Waals surface area (Å²) in [6.07, 6.45) is 9.43. The molecule has 12 heavy (non-hydrogen) atoms. The quantitative estimate of drug-likeness (QED) is 0.570. The fourth-order valence-corrected chi connectivity index (χ4v) is 1.54. The van der Waals surface area contributed by atoms with E-state index < -0.39 is 0 Å². The highest BCUT2D eigenvalue weighted by Crippen LogP contribution is 2.17. The van der Waals surface area contributed by atoms with Crippen LogP contribution in [0.25, 0.3) is 0 Å². The second kappa shape index (κ2) is 6.44. The van der Waals surface area contributed by atoms with E-state index in [1.807, 2.05) is 0 Å². The summed E-state index contributed by atoms with van der Waals surface area (Å²) >= 11 is 0. The molecule has 0 aromatic heterocycles. The molecule has 1 saturated carbocycles. The van der Waals surface area contributed by atoms with E-state index in [4.69, 9.17) is 5.73 Å². The van der Waals surface area contributed by atoms with Crippen LogP contribution in [0.5, 0.6) is 0 Å². The van der Waals surface area contributed by atoms with Crippen LogP contribution in [-0.4, -0.2) is 19.1 Å². The summed E-state index contributed by atoms with van der Waals surface area (Å²) in [5, 5.41) is 3.56. The minimum absolute atomic E-state index is 0.857. The van der Waals surface area contributed by atoms with Crippen molar-refractivity contribution in [1.82, 2.24) is 5.32 Å². The molecular formula is C10H22N2. The van der Waals surface area contributed by atoms with Gasteiger partial charge in [-0.2, -0.15) is 0 Å². The van der Waals surface area contributed by atoms with Crippen LogP contribution in [0.1, 0.15) is 44.9 Å². The normalized spacial score (nSPS) is 17.8. The molecule has 1 aliphatic carbocycles. The van der Waals surface area contributed by atoms with Crippen LogP contribution in [0.2, 0.25) is 0 Å². The minimum Gasteiger partial charge on any atom is -0.330 e. The van der Waals surface area contributed by atoms with Crippen molar-refractivity contribution >= 4 is 0 Å². The molecule has 0 aromatic carbocycles. The highest BCUT2D eigenvalue weighted by atomic mass is 14.9. The van der Waals surface area contributed by atoms with Crippen molar-refractivity contribution in [2.24, 2.45) is 5.73 Å². The van der Waals surface area contributed by atoms with Crippen molar-refractivity contribution < 1.29 is 0 Å². The number of hydrogen-bond acceptors (Lipinski definition) is 2. The molecule has 1 fully saturated rings. The first kappa shape index (κ1) is 10.0. The van der Waals surface area contributed by atoms with Gasteiger partial charge < -0.3 is 11.1 Å². The van der Waals surface area contributed by atoms with Crippen LogP contribution in [0.3, 0.4) is 0 Å². The summed E-state index contributed by atoms with van der Waals surface area (Å²) in [5.74, 6) is 0. The van der Waals surface area contributed by atoms with Crippen LogP contribution in [0.15, 0.2) is 0 Å². The van der Waals surface area contributed by atoms with Gasteiger partial charge >= 0.3 is 0 Å². The van der Waals surface area contributed by atoms with E-state index in [0.29, 0.717) is 0 Å². The second-order valence-corrected chi connectivity index (χ2v) is 3.78. The lowest BCUT2D eigenvalue weighted by Crippen LogP contribution is -2.35. The third-order valence-corrected chi connectivity index (χ3v) is 2.67.